The summed E-state index contributed by atoms with van der Waals surface area (Å²) in [6, 6.07) is 10.4. The summed E-state index contributed by atoms with van der Waals surface area (Å²) in [5, 5.41) is 3.52. The third-order valence-corrected chi connectivity index (χ3v) is 4.80. The SMILES string of the molecule is CCNC(Cc1ccc(Cl)s1)c1ccc(Br)cc1OC. The molecule has 1 N–H and O–H groups in total. The van der Waals surface area contributed by atoms with Crippen molar-refractivity contribution in [3.63, 3.8) is 0 Å². The van der Waals surface area contributed by atoms with E-state index in [0.29, 0.717) is 0 Å². The minimum atomic E-state index is 0.220. The molecule has 1 heterocycles. The molecule has 1 atom stereocenters. The third-order valence-electron chi connectivity index (χ3n) is 3.06. The van der Waals surface area contributed by atoms with Crippen molar-refractivity contribution in [1.82, 2.24) is 5.32 Å². The highest BCUT2D eigenvalue weighted by molar-refractivity contribution is 9.10. The summed E-state index contributed by atoms with van der Waals surface area (Å²) in [4.78, 5) is 1.27. The predicted octanol–water partition coefficient (Wildman–Crippen LogP) is 5.07. The number of nitrogens with one attached hydrogen (secondary N) is 1. The fraction of sp³-hybridized carbons (Fsp3) is 0.333. The van der Waals surface area contributed by atoms with Crippen LogP contribution in [0.2, 0.25) is 4.34 Å². The van der Waals surface area contributed by atoms with Gasteiger partial charge < -0.3 is 10.1 Å². The second-order valence-corrected chi connectivity index (χ2v) is 7.12. The molecule has 108 valence electrons. The molecule has 0 aliphatic rings. The van der Waals surface area contributed by atoms with Gasteiger partial charge in [-0.05, 0) is 30.8 Å². The van der Waals surface area contributed by atoms with Gasteiger partial charge in [-0.25, -0.2) is 0 Å². The van der Waals surface area contributed by atoms with Crippen LogP contribution in [0, 0.1) is 0 Å². The van der Waals surface area contributed by atoms with Crippen LogP contribution in [0.1, 0.15) is 23.4 Å². The Morgan fingerprint density at radius 3 is 2.75 bits per heavy atom. The van der Waals surface area contributed by atoms with E-state index < -0.39 is 0 Å². The molecule has 0 spiro atoms. The molecule has 0 amide bonds. The number of rotatable bonds is 6. The van der Waals surface area contributed by atoms with Crippen LogP contribution in [0.25, 0.3) is 0 Å². The standard InChI is InChI=1S/C15H17BrClNOS/c1-3-18-13(9-11-5-7-15(17)20-11)12-6-4-10(16)8-14(12)19-2/h4-8,13,18H,3,9H2,1-2H3. The maximum absolute atomic E-state index is 6.01. The summed E-state index contributed by atoms with van der Waals surface area (Å²) < 4.78 is 7.36. The number of hydrogen-bond donors (Lipinski definition) is 1. The van der Waals surface area contributed by atoms with Crippen LogP contribution < -0.4 is 10.1 Å². The minimum absolute atomic E-state index is 0.220. The van der Waals surface area contributed by atoms with Gasteiger partial charge in [0.25, 0.3) is 0 Å². The molecule has 1 aromatic heterocycles. The summed E-state index contributed by atoms with van der Waals surface area (Å²) >= 11 is 11.1. The normalized spacial score (nSPS) is 12.4. The molecule has 0 aliphatic carbocycles. The summed E-state index contributed by atoms with van der Waals surface area (Å²) in [6.07, 6.45) is 0.906. The van der Waals surface area contributed by atoms with Gasteiger partial charge in [-0.15, -0.1) is 11.3 Å². The van der Waals surface area contributed by atoms with E-state index >= 15 is 0 Å². The lowest BCUT2D eigenvalue weighted by Crippen LogP contribution is -2.23. The molecule has 5 heteroatoms. The first-order valence-corrected chi connectivity index (χ1v) is 8.43. The molecule has 0 fully saturated rings. The van der Waals surface area contributed by atoms with Crippen LogP contribution in [0.15, 0.2) is 34.8 Å². The number of halogens is 2. The van der Waals surface area contributed by atoms with Crippen LogP contribution >= 0.6 is 38.9 Å². The zero-order valence-electron chi connectivity index (χ0n) is 11.5. The lowest BCUT2D eigenvalue weighted by atomic mass is 10.0. The van der Waals surface area contributed by atoms with Crippen LogP contribution in [0.3, 0.4) is 0 Å². The van der Waals surface area contributed by atoms with E-state index in [1.54, 1.807) is 18.4 Å². The Balaban J connectivity index is 2.28. The zero-order chi connectivity index (χ0) is 14.5. The molecular weight excluding hydrogens is 358 g/mol. The number of hydrogen-bond acceptors (Lipinski definition) is 3. The van der Waals surface area contributed by atoms with Gasteiger partial charge in [-0.2, -0.15) is 0 Å². The molecule has 0 saturated heterocycles. The first-order chi connectivity index (χ1) is 9.63. The lowest BCUT2D eigenvalue weighted by Gasteiger charge is -2.20. The second-order valence-electron chi connectivity index (χ2n) is 4.41. The largest absolute Gasteiger partial charge is 0.496 e. The van der Waals surface area contributed by atoms with Crippen molar-refractivity contribution >= 4 is 38.9 Å². The van der Waals surface area contributed by atoms with E-state index in [4.69, 9.17) is 16.3 Å². The van der Waals surface area contributed by atoms with Crippen LogP contribution in [0.5, 0.6) is 5.75 Å². The highest BCUT2D eigenvalue weighted by atomic mass is 79.9. The zero-order valence-corrected chi connectivity index (χ0v) is 14.6. The quantitative estimate of drug-likeness (QED) is 0.762. The third kappa shape index (κ3) is 3.98. The first-order valence-electron chi connectivity index (χ1n) is 6.45. The molecular formula is C15H17BrClNOS. The van der Waals surface area contributed by atoms with E-state index in [-0.39, 0.29) is 6.04 Å². The molecule has 1 aromatic carbocycles. The smallest absolute Gasteiger partial charge is 0.124 e. The van der Waals surface area contributed by atoms with Crippen molar-refractivity contribution in [1.29, 1.82) is 0 Å². The van der Waals surface area contributed by atoms with Gasteiger partial charge in [0.2, 0.25) is 0 Å². The highest BCUT2D eigenvalue weighted by Crippen LogP contribution is 2.32. The van der Waals surface area contributed by atoms with E-state index in [1.807, 2.05) is 18.2 Å². The van der Waals surface area contributed by atoms with Gasteiger partial charge in [-0.1, -0.05) is 40.5 Å². The Hall–Kier alpha value is -0.550. The fourth-order valence-corrected chi connectivity index (χ4v) is 3.65. The van der Waals surface area contributed by atoms with Gasteiger partial charge in [-0.3, -0.25) is 0 Å². The number of ether oxygens (including phenoxy) is 1. The Morgan fingerprint density at radius 1 is 1.35 bits per heavy atom. The molecule has 0 bridgehead atoms. The number of thiophene rings is 1. The van der Waals surface area contributed by atoms with Gasteiger partial charge >= 0.3 is 0 Å². The average molecular weight is 375 g/mol. The van der Waals surface area contributed by atoms with Crippen molar-refractivity contribution in [2.24, 2.45) is 0 Å². The molecule has 2 rings (SSSR count). The van der Waals surface area contributed by atoms with Gasteiger partial charge in [0, 0.05) is 27.4 Å². The average Bonchev–Trinajstić information content (AvgIpc) is 2.83. The lowest BCUT2D eigenvalue weighted by molar-refractivity contribution is 0.399. The molecule has 2 nitrogen and oxygen atoms in total. The van der Waals surface area contributed by atoms with Crippen molar-refractivity contribution < 1.29 is 4.74 Å². The number of likely N-dealkylation sites (N-methyl/N-ethyl adjacent to an activating group) is 1. The van der Waals surface area contributed by atoms with Gasteiger partial charge in [0.05, 0.1) is 11.4 Å². The van der Waals surface area contributed by atoms with Crippen LogP contribution in [-0.2, 0) is 6.42 Å². The van der Waals surface area contributed by atoms with E-state index in [1.165, 1.54) is 10.4 Å². The molecule has 2 aromatic rings. The molecule has 0 saturated carbocycles. The van der Waals surface area contributed by atoms with Crippen LogP contribution in [0.4, 0.5) is 0 Å². The Kier molecular flexibility index (Phi) is 5.90. The summed E-state index contributed by atoms with van der Waals surface area (Å²) in [6.45, 7) is 3.02. The first kappa shape index (κ1) is 15.8. The summed E-state index contributed by atoms with van der Waals surface area (Å²) in [5.41, 5.74) is 1.17. The Bertz CT molecular complexity index is 573. The van der Waals surface area contributed by atoms with Crippen molar-refractivity contribution in [3.8, 4) is 5.75 Å². The molecule has 0 radical (unpaired) electrons. The predicted molar refractivity (Wildman–Crippen MR) is 90.1 cm³/mol. The molecule has 20 heavy (non-hydrogen) atoms. The minimum Gasteiger partial charge on any atom is -0.496 e. The van der Waals surface area contributed by atoms with Gasteiger partial charge in [0.1, 0.15) is 5.75 Å². The summed E-state index contributed by atoms with van der Waals surface area (Å²) in [5.74, 6) is 0.896. The fourth-order valence-electron chi connectivity index (χ4n) is 2.17. The van der Waals surface area contributed by atoms with Crippen molar-refractivity contribution in [3.05, 3.63) is 49.6 Å². The molecule has 1 unspecified atom stereocenters. The van der Waals surface area contributed by atoms with E-state index in [2.05, 4.69) is 40.3 Å². The van der Waals surface area contributed by atoms with E-state index in [0.717, 1.165) is 27.5 Å². The monoisotopic (exact) mass is 373 g/mol. The van der Waals surface area contributed by atoms with Crippen molar-refractivity contribution in [2.45, 2.75) is 19.4 Å². The van der Waals surface area contributed by atoms with E-state index in [9.17, 15) is 0 Å². The number of benzene rings is 1. The maximum atomic E-state index is 6.01. The summed E-state index contributed by atoms with van der Waals surface area (Å²) in [7, 11) is 1.70. The topological polar surface area (TPSA) is 21.3 Å². The second kappa shape index (κ2) is 7.46. The highest BCUT2D eigenvalue weighted by Gasteiger charge is 2.17. The van der Waals surface area contributed by atoms with Gasteiger partial charge in [0.15, 0.2) is 0 Å². The Morgan fingerprint density at radius 2 is 2.15 bits per heavy atom. The maximum Gasteiger partial charge on any atom is 0.124 e. The Labute approximate surface area is 137 Å². The van der Waals surface area contributed by atoms with Crippen molar-refractivity contribution in [2.75, 3.05) is 13.7 Å². The number of methoxy groups -OCH3 is 1. The van der Waals surface area contributed by atoms with Crippen LogP contribution in [-0.4, -0.2) is 13.7 Å². The molecule has 0 aliphatic heterocycles.